The molecule has 1 aliphatic rings. The summed E-state index contributed by atoms with van der Waals surface area (Å²) >= 11 is 0. The van der Waals surface area contributed by atoms with E-state index in [4.69, 9.17) is 9.47 Å². The number of rotatable bonds is 9. The number of aliphatic hydroxyl groups is 1. The number of allylic oxidation sites excluding steroid dienone is 2. The summed E-state index contributed by atoms with van der Waals surface area (Å²) < 4.78 is 10.8. The summed E-state index contributed by atoms with van der Waals surface area (Å²) in [5, 5.41) is 15.4. The molecule has 3 rings (SSSR count). The van der Waals surface area contributed by atoms with Crippen LogP contribution in [0.2, 0.25) is 0 Å². The first kappa shape index (κ1) is 26.9. The van der Waals surface area contributed by atoms with Crippen molar-refractivity contribution in [2.75, 3.05) is 19.8 Å². The van der Waals surface area contributed by atoms with Gasteiger partial charge in [-0.25, -0.2) is 0 Å². The second kappa shape index (κ2) is 14.7. The summed E-state index contributed by atoms with van der Waals surface area (Å²) in [6.45, 7) is 0.567. The van der Waals surface area contributed by atoms with Crippen LogP contribution in [0.5, 0.6) is 5.75 Å². The third kappa shape index (κ3) is 9.54. The van der Waals surface area contributed by atoms with Crippen molar-refractivity contribution in [3.63, 3.8) is 0 Å². The van der Waals surface area contributed by atoms with Gasteiger partial charge in [0.25, 0.3) is 0 Å². The average Bonchev–Trinajstić information content (AvgIpc) is 2.89. The molecule has 1 heterocycles. The largest absolute Gasteiger partial charge is 0.489 e. The Morgan fingerprint density at radius 2 is 1.86 bits per heavy atom. The number of benzene rings is 2. The van der Waals surface area contributed by atoms with Crippen molar-refractivity contribution in [2.45, 2.75) is 44.8 Å². The van der Waals surface area contributed by atoms with Crippen LogP contribution in [0.15, 0.2) is 66.7 Å². The highest BCUT2D eigenvalue weighted by Gasteiger charge is 2.22. The average molecular weight is 495 g/mol. The monoisotopic (exact) mass is 494 g/mol. The summed E-state index contributed by atoms with van der Waals surface area (Å²) in [6.07, 6.45) is 5.29. The summed E-state index contributed by atoms with van der Waals surface area (Å²) in [7, 11) is 0. The second-order valence-corrected chi connectivity index (χ2v) is 8.73. The highest BCUT2D eigenvalue weighted by Crippen LogP contribution is 2.16. The molecule has 0 fully saturated rings. The Bertz CT molecular complexity index is 1010. The molecule has 0 bridgehead atoms. The van der Waals surface area contributed by atoms with Gasteiger partial charge in [0.05, 0.1) is 25.1 Å². The van der Waals surface area contributed by atoms with Gasteiger partial charge >= 0.3 is 5.97 Å². The van der Waals surface area contributed by atoms with Crippen LogP contribution in [-0.4, -0.2) is 48.7 Å². The van der Waals surface area contributed by atoms with Crippen molar-refractivity contribution in [1.82, 2.24) is 10.6 Å². The molecule has 0 unspecified atom stereocenters. The minimum Gasteiger partial charge on any atom is -0.489 e. The zero-order valence-electron chi connectivity index (χ0n) is 20.4. The fourth-order valence-corrected chi connectivity index (χ4v) is 3.84. The number of carbonyl (C=O) groups excluding carboxylic acids is 3. The van der Waals surface area contributed by atoms with Crippen LogP contribution in [-0.2, 0) is 32.1 Å². The normalized spacial score (nSPS) is 17.6. The maximum Gasteiger partial charge on any atom is 0.306 e. The van der Waals surface area contributed by atoms with Crippen LogP contribution in [0.3, 0.4) is 0 Å². The van der Waals surface area contributed by atoms with Crippen molar-refractivity contribution in [3.8, 4) is 5.75 Å². The fraction of sp³-hybridized carbons (Fsp3) is 0.393. The van der Waals surface area contributed by atoms with Crippen LogP contribution in [0.1, 0.15) is 36.8 Å². The molecule has 2 amide bonds. The Kier molecular flexibility index (Phi) is 11.0. The lowest BCUT2D eigenvalue weighted by Gasteiger charge is -2.20. The minimum absolute atomic E-state index is 0.00127. The first-order valence-corrected chi connectivity index (χ1v) is 12.3. The van der Waals surface area contributed by atoms with E-state index in [1.165, 1.54) is 0 Å². The van der Waals surface area contributed by atoms with Gasteiger partial charge in [-0.15, -0.1) is 0 Å². The van der Waals surface area contributed by atoms with Gasteiger partial charge < -0.3 is 25.2 Å². The Morgan fingerprint density at radius 3 is 2.61 bits per heavy atom. The predicted octanol–water partition coefficient (Wildman–Crippen LogP) is 2.69. The number of amides is 2. The first-order chi connectivity index (χ1) is 17.5. The van der Waals surface area contributed by atoms with Gasteiger partial charge in [-0.05, 0) is 42.5 Å². The topological polar surface area (TPSA) is 114 Å². The summed E-state index contributed by atoms with van der Waals surface area (Å²) in [5.41, 5.74) is 2.03. The summed E-state index contributed by atoms with van der Waals surface area (Å²) in [5.74, 6) is -0.669. The highest BCUT2D eigenvalue weighted by atomic mass is 16.5. The van der Waals surface area contributed by atoms with Gasteiger partial charge in [0.2, 0.25) is 11.8 Å². The standard InChI is InChI=1S/C28H34N2O6/c31-19-24(17-21-11-13-25(14-12-21)36-20-22-7-3-1-4-8-22)30-26(32)18-23-9-5-2-6-10-27(33)35-16-15-29-28(23)34/h1-5,7-8,11-14,23-24,31H,6,9-10,15-20H2,(H,29,34)(H,30,32)/t23-,24+/m1/s1. The Morgan fingerprint density at radius 1 is 1.08 bits per heavy atom. The van der Waals surface area contributed by atoms with Gasteiger partial charge in [0.1, 0.15) is 19.0 Å². The van der Waals surface area contributed by atoms with Gasteiger partial charge in [-0.3, -0.25) is 14.4 Å². The Labute approximate surface area is 211 Å². The number of cyclic esters (lactones) is 1. The van der Waals surface area contributed by atoms with Gasteiger partial charge in [-0.1, -0.05) is 54.6 Å². The fourth-order valence-electron chi connectivity index (χ4n) is 3.84. The molecule has 36 heavy (non-hydrogen) atoms. The van der Waals surface area contributed by atoms with Crippen LogP contribution in [0.25, 0.3) is 0 Å². The Hall–Kier alpha value is -3.65. The van der Waals surface area contributed by atoms with Gasteiger partial charge in [0.15, 0.2) is 0 Å². The molecule has 2 atom stereocenters. The third-order valence-corrected chi connectivity index (χ3v) is 5.81. The zero-order valence-corrected chi connectivity index (χ0v) is 20.4. The molecule has 1 aliphatic heterocycles. The first-order valence-electron chi connectivity index (χ1n) is 12.3. The molecule has 8 heteroatoms. The smallest absolute Gasteiger partial charge is 0.306 e. The highest BCUT2D eigenvalue weighted by molar-refractivity contribution is 5.86. The van der Waals surface area contributed by atoms with Crippen LogP contribution in [0.4, 0.5) is 0 Å². The number of hydrogen-bond acceptors (Lipinski definition) is 6. The quantitative estimate of drug-likeness (QED) is 0.365. The molecule has 2 aromatic rings. The molecule has 0 aromatic heterocycles. The molecule has 0 spiro atoms. The number of hydrogen-bond donors (Lipinski definition) is 3. The Balaban J connectivity index is 1.49. The van der Waals surface area contributed by atoms with Gasteiger partial charge in [0, 0.05) is 12.8 Å². The maximum atomic E-state index is 12.7. The molecule has 2 aromatic carbocycles. The molecule has 0 saturated carbocycles. The zero-order chi connectivity index (χ0) is 25.6. The van der Waals surface area contributed by atoms with Crippen molar-refractivity contribution >= 4 is 17.8 Å². The third-order valence-electron chi connectivity index (χ3n) is 5.81. The lowest BCUT2D eigenvalue weighted by Crippen LogP contribution is -2.42. The van der Waals surface area contributed by atoms with E-state index in [0.717, 1.165) is 16.9 Å². The lowest BCUT2D eigenvalue weighted by molar-refractivity contribution is -0.144. The molecular formula is C28H34N2O6. The second-order valence-electron chi connectivity index (χ2n) is 8.73. The maximum absolute atomic E-state index is 12.7. The molecular weight excluding hydrogens is 460 g/mol. The van der Waals surface area contributed by atoms with Crippen molar-refractivity contribution in [3.05, 3.63) is 77.9 Å². The molecule has 3 N–H and O–H groups in total. The SMILES string of the molecule is O=C(C[C@H]1CC=CCCC(=O)OCCNC1=O)N[C@H](CO)Cc1ccc(OCc2ccccc2)cc1. The number of ether oxygens (including phenoxy) is 2. The molecule has 8 nitrogen and oxygen atoms in total. The molecule has 0 saturated heterocycles. The van der Waals surface area contributed by atoms with Crippen LogP contribution in [0, 0.1) is 5.92 Å². The van der Waals surface area contributed by atoms with E-state index in [1.54, 1.807) is 0 Å². The number of carbonyl (C=O) groups is 3. The van der Waals surface area contributed by atoms with Gasteiger partial charge in [-0.2, -0.15) is 0 Å². The van der Waals surface area contributed by atoms with Crippen LogP contribution >= 0.6 is 0 Å². The molecule has 0 radical (unpaired) electrons. The predicted molar refractivity (Wildman–Crippen MR) is 135 cm³/mol. The van der Waals surface area contributed by atoms with E-state index >= 15 is 0 Å². The summed E-state index contributed by atoms with van der Waals surface area (Å²) in [6, 6.07) is 17.0. The molecule has 192 valence electrons. The lowest BCUT2D eigenvalue weighted by atomic mass is 9.98. The minimum atomic E-state index is -0.545. The summed E-state index contributed by atoms with van der Waals surface area (Å²) in [4.78, 5) is 36.7. The van der Waals surface area contributed by atoms with E-state index in [1.807, 2.05) is 66.7 Å². The number of esters is 1. The van der Waals surface area contributed by atoms with Crippen LogP contribution < -0.4 is 15.4 Å². The van der Waals surface area contributed by atoms with Crippen molar-refractivity contribution in [1.29, 1.82) is 0 Å². The van der Waals surface area contributed by atoms with E-state index in [0.29, 0.717) is 25.9 Å². The van der Waals surface area contributed by atoms with E-state index in [2.05, 4.69) is 10.6 Å². The number of nitrogens with one attached hydrogen (secondary N) is 2. The van der Waals surface area contributed by atoms with E-state index < -0.39 is 12.0 Å². The van der Waals surface area contributed by atoms with E-state index in [-0.39, 0.29) is 50.4 Å². The van der Waals surface area contributed by atoms with E-state index in [9.17, 15) is 19.5 Å². The molecule has 0 aliphatic carbocycles. The van der Waals surface area contributed by atoms with Crippen molar-refractivity contribution < 1.29 is 29.0 Å². The van der Waals surface area contributed by atoms with Crippen molar-refractivity contribution in [2.24, 2.45) is 5.92 Å². The number of aliphatic hydroxyl groups excluding tert-OH is 1.